The zero-order valence-electron chi connectivity index (χ0n) is 7.95. The van der Waals surface area contributed by atoms with Gasteiger partial charge in [-0.15, -0.1) is 0 Å². The first-order valence-electron chi connectivity index (χ1n) is 4.44. The Morgan fingerprint density at radius 2 is 2.21 bits per heavy atom. The SMILES string of the molecule is [N-]=[N+]=NCC/C=C/C=C/[C@@H](O)CCO. The summed E-state index contributed by atoms with van der Waals surface area (Å²) < 4.78 is 0. The maximum atomic E-state index is 9.14. The van der Waals surface area contributed by atoms with Gasteiger partial charge in [0.15, 0.2) is 0 Å². The van der Waals surface area contributed by atoms with Gasteiger partial charge in [0.05, 0.1) is 6.10 Å². The minimum atomic E-state index is -0.596. The van der Waals surface area contributed by atoms with Crippen LogP contribution in [-0.4, -0.2) is 29.5 Å². The van der Waals surface area contributed by atoms with Crippen molar-refractivity contribution in [3.63, 3.8) is 0 Å². The van der Waals surface area contributed by atoms with Gasteiger partial charge in [0.2, 0.25) is 0 Å². The molecule has 0 bridgehead atoms. The minimum Gasteiger partial charge on any atom is -0.396 e. The molecule has 14 heavy (non-hydrogen) atoms. The molecule has 0 aliphatic carbocycles. The fourth-order valence-electron chi connectivity index (χ4n) is 0.773. The molecule has 0 amide bonds. The van der Waals surface area contributed by atoms with Crippen molar-refractivity contribution in [2.75, 3.05) is 13.2 Å². The highest BCUT2D eigenvalue weighted by molar-refractivity contribution is 5.04. The molecule has 0 aliphatic rings. The summed E-state index contributed by atoms with van der Waals surface area (Å²) in [6, 6.07) is 0. The second-order valence-electron chi connectivity index (χ2n) is 2.64. The van der Waals surface area contributed by atoms with Gasteiger partial charge in [-0.3, -0.25) is 0 Å². The van der Waals surface area contributed by atoms with E-state index in [0.29, 0.717) is 19.4 Å². The van der Waals surface area contributed by atoms with Crippen molar-refractivity contribution >= 4 is 0 Å². The molecule has 5 heteroatoms. The number of rotatable bonds is 7. The average molecular weight is 197 g/mol. The lowest BCUT2D eigenvalue weighted by atomic mass is 10.2. The summed E-state index contributed by atoms with van der Waals surface area (Å²) in [6.07, 6.45) is 7.36. The van der Waals surface area contributed by atoms with Crippen LogP contribution in [0.1, 0.15) is 12.8 Å². The van der Waals surface area contributed by atoms with E-state index in [1.54, 1.807) is 18.2 Å². The van der Waals surface area contributed by atoms with Gasteiger partial charge in [0, 0.05) is 18.1 Å². The third kappa shape index (κ3) is 8.80. The Kier molecular flexibility index (Phi) is 8.89. The van der Waals surface area contributed by atoms with Crippen LogP contribution < -0.4 is 0 Å². The summed E-state index contributed by atoms with van der Waals surface area (Å²) in [5.41, 5.74) is 7.96. The normalized spacial score (nSPS) is 13.3. The molecule has 0 aliphatic heterocycles. The molecule has 2 N–H and O–H groups in total. The van der Waals surface area contributed by atoms with Crippen molar-refractivity contribution in [3.05, 3.63) is 34.7 Å². The first kappa shape index (κ1) is 12.7. The van der Waals surface area contributed by atoms with Gasteiger partial charge in [-0.25, -0.2) is 0 Å². The highest BCUT2D eigenvalue weighted by Crippen LogP contribution is 1.93. The van der Waals surface area contributed by atoms with E-state index >= 15 is 0 Å². The second kappa shape index (κ2) is 9.80. The molecular formula is C9H15N3O2. The standard InChI is InChI=1S/C9H15N3O2/c10-12-11-7-4-2-1-3-5-9(14)6-8-13/h1-3,5,9,13-14H,4,6-8H2/b2-1+,5-3+/t9-/m1/s1. The fraction of sp³-hybridized carbons (Fsp3) is 0.556. The molecule has 0 heterocycles. The fourth-order valence-corrected chi connectivity index (χ4v) is 0.773. The summed E-state index contributed by atoms with van der Waals surface area (Å²) in [7, 11) is 0. The Hall–Kier alpha value is -1.29. The van der Waals surface area contributed by atoms with Crippen LogP contribution in [0.5, 0.6) is 0 Å². The van der Waals surface area contributed by atoms with E-state index in [2.05, 4.69) is 10.0 Å². The molecule has 0 spiro atoms. The van der Waals surface area contributed by atoms with E-state index in [4.69, 9.17) is 15.7 Å². The molecule has 1 atom stereocenters. The van der Waals surface area contributed by atoms with E-state index in [-0.39, 0.29) is 6.61 Å². The van der Waals surface area contributed by atoms with Crippen molar-refractivity contribution in [1.29, 1.82) is 0 Å². The maximum Gasteiger partial charge on any atom is 0.0745 e. The average Bonchev–Trinajstić information content (AvgIpc) is 2.17. The van der Waals surface area contributed by atoms with Crippen LogP contribution in [0.4, 0.5) is 0 Å². The molecule has 0 aromatic heterocycles. The lowest BCUT2D eigenvalue weighted by Crippen LogP contribution is -2.03. The van der Waals surface area contributed by atoms with Gasteiger partial charge in [-0.05, 0) is 18.4 Å². The molecule has 78 valence electrons. The van der Waals surface area contributed by atoms with Gasteiger partial charge in [0.25, 0.3) is 0 Å². The van der Waals surface area contributed by atoms with Crippen LogP contribution in [0.2, 0.25) is 0 Å². The van der Waals surface area contributed by atoms with Crippen LogP contribution in [0.25, 0.3) is 10.4 Å². The highest BCUT2D eigenvalue weighted by Gasteiger charge is 1.93. The molecule has 0 rings (SSSR count). The molecule has 0 saturated heterocycles. The van der Waals surface area contributed by atoms with Crippen molar-refractivity contribution in [2.24, 2.45) is 5.11 Å². The van der Waals surface area contributed by atoms with Gasteiger partial charge in [-0.2, -0.15) is 0 Å². The van der Waals surface area contributed by atoms with E-state index < -0.39 is 6.10 Å². The molecule has 0 fully saturated rings. The van der Waals surface area contributed by atoms with E-state index in [9.17, 15) is 0 Å². The summed E-state index contributed by atoms with van der Waals surface area (Å²) in [5.74, 6) is 0. The first-order chi connectivity index (χ1) is 6.81. The Balaban J connectivity index is 3.53. The predicted molar refractivity (Wildman–Crippen MR) is 54.6 cm³/mol. The van der Waals surface area contributed by atoms with Crippen molar-refractivity contribution < 1.29 is 10.2 Å². The molecule has 0 radical (unpaired) electrons. The monoisotopic (exact) mass is 197 g/mol. The largest absolute Gasteiger partial charge is 0.396 e. The predicted octanol–water partition coefficient (Wildman–Crippen LogP) is 1.54. The molecular weight excluding hydrogens is 182 g/mol. The third-order valence-corrected chi connectivity index (χ3v) is 1.46. The zero-order valence-corrected chi connectivity index (χ0v) is 7.95. The minimum absolute atomic E-state index is 0.0217. The number of hydrogen-bond acceptors (Lipinski definition) is 3. The molecule has 0 aromatic rings. The van der Waals surface area contributed by atoms with E-state index in [1.165, 1.54) is 0 Å². The van der Waals surface area contributed by atoms with E-state index in [1.807, 2.05) is 6.08 Å². The van der Waals surface area contributed by atoms with Crippen LogP contribution in [0, 0.1) is 0 Å². The number of azide groups is 1. The zero-order chi connectivity index (χ0) is 10.6. The van der Waals surface area contributed by atoms with Gasteiger partial charge in [0.1, 0.15) is 0 Å². The van der Waals surface area contributed by atoms with Gasteiger partial charge < -0.3 is 10.2 Å². The van der Waals surface area contributed by atoms with E-state index in [0.717, 1.165) is 0 Å². The Labute approximate surface area is 83.0 Å². The van der Waals surface area contributed by atoms with Crippen LogP contribution in [0.3, 0.4) is 0 Å². The number of aliphatic hydroxyl groups is 2. The third-order valence-electron chi connectivity index (χ3n) is 1.46. The van der Waals surface area contributed by atoms with Gasteiger partial charge in [-0.1, -0.05) is 29.4 Å². The molecule has 0 saturated carbocycles. The van der Waals surface area contributed by atoms with Gasteiger partial charge >= 0.3 is 0 Å². The topological polar surface area (TPSA) is 89.2 Å². The molecule has 5 nitrogen and oxygen atoms in total. The van der Waals surface area contributed by atoms with Crippen molar-refractivity contribution in [2.45, 2.75) is 18.9 Å². The number of hydrogen-bond donors (Lipinski definition) is 2. The van der Waals surface area contributed by atoms with Crippen molar-refractivity contribution in [3.8, 4) is 0 Å². The second-order valence-corrected chi connectivity index (χ2v) is 2.64. The summed E-state index contributed by atoms with van der Waals surface area (Å²) in [5, 5.41) is 21.0. The van der Waals surface area contributed by atoms with Crippen LogP contribution >= 0.6 is 0 Å². The Morgan fingerprint density at radius 3 is 2.86 bits per heavy atom. The number of allylic oxidation sites excluding steroid dienone is 2. The van der Waals surface area contributed by atoms with Crippen LogP contribution in [0.15, 0.2) is 29.4 Å². The lowest BCUT2D eigenvalue weighted by Gasteiger charge is -1.99. The quantitative estimate of drug-likeness (QED) is 0.213. The highest BCUT2D eigenvalue weighted by atomic mass is 16.3. The summed E-state index contributed by atoms with van der Waals surface area (Å²) in [4.78, 5) is 2.61. The first-order valence-corrected chi connectivity index (χ1v) is 4.44. The number of nitrogens with zero attached hydrogens (tertiary/aromatic N) is 3. The van der Waals surface area contributed by atoms with Crippen molar-refractivity contribution in [1.82, 2.24) is 0 Å². The smallest absolute Gasteiger partial charge is 0.0745 e. The summed E-state index contributed by atoms with van der Waals surface area (Å²) >= 11 is 0. The lowest BCUT2D eigenvalue weighted by molar-refractivity contribution is 0.170. The Morgan fingerprint density at radius 1 is 1.43 bits per heavy atom. The summed E-state index contributed by atoms with van der Waals surface area (Å²) in [6.45, 7) is 0.423. The maximum absolute atomic E-state index is 9.14. The molecule has 0 aromatic carbocycles. The Bertz CT molecular complexity index is 232. The molecule has 0 unspecified atom stereocenters. The number of aliphatic hydroxyl groups excluding tert-OH is 2. The van der Waals surface area contributed by atoms with Crippen LogP contribution in [-0.2, 0) is 0 Å².